The number of likely N-dealkylation sites (tertiary alicyclic amines) is 1. The number of fused-ring (bicyclic) bond motifs is 2. The fourth-order valence-electron chi connectivity index (χ4n) is 10.3. The first-order chi connectivity index (χ1) is 32.8. The van der Waals surface area contributed by atoms with Gasteiger partial charge in [-0.25, -0.2) is 4.98 Å². The number of hydrogen-bond donors (Lipinski definition) is 3. The van der Waals surface area contributed by atoms with Gasteiger partial charge in [-0.1, -0.05) is 24.3 Å². The molecule has 3 saturated heterocycles. The molecule has 4 aliphatic heterocycles. The number of aryl methyl sites for hydroxylation is 1. The number of ether oxygens (including phenoxy) is 1. The maximum atomic E-state index is 13.5. The summed E-state index contributed by atoms with van der Waals surface area (Å²) >= 11 is 3.60. The fraction of sp³-hybridized carbons (Fsp3) is 0.431. The van der Waals surface area contributed by atoms with Gasteiger partial charge in [0.25, 0.3) is 5.91 Å². The zero-order valence-corrected chi connectivity index (χ0v) is 41.6. The van der Waals surface area contributed by atoms with Gasteiger partial charge < -0.3 is 34.6 Å². The number of imide groups is 1. The first-order valence-electron chi connectivity index (χ1n) is 23.6. The first-order valence-corrected chi connectivity index (χ1v) is 27.0. The van der Waals surface area contributed by atoms with Crippen LogP contribution in [0.25, 0.3) is 11.0 Å². The number of carbonyl (C=O) groups is 3. The quantitative estimate of drug-likeness (QED) is 0.0445. The maximum absolute atomic E-state index is 13.5. The van der Waals surface area contributed by atoms with Crippen LogP contribution in [0.3, 0.4) is 0 Å². The van der Waals surface area contributed by atoms with Crippen molar-refractivity contribution >= 4 is 86.0 Å². The van der Waals surface area contributed by atoms with Gasteiger partial charge >= 0.3 is 0 Å². The Bertz CT molecular complexity index is 2880. The number of methoxy groups -OCH3 is 1. The predicted molar refractivity (Wildman–Crippen MR) is 270 cm³/mol. The molecule has 9 rings (SSSR count). The molecule has 5 aromatic rings. The van der Waals surface area contributed by atoms with Gasteiger partial charge in [-0.2, -0.15) is 4.98 Å². The van der Waals surface area contributed by atoms with Crippen LogP contribution in [0.15, 0.2) is 65.5 Å². The summed E-state index contributed by atoms with van der Waals surface area (Å²) < 4.78 is 20.1. The van der Waals surface area contributed by atoms with E-state index >= 15 is 0 Å². The van der Waals surface area contributed by atoms with Gasteiger partial charge in [0.05, 0.1) is 33.8 Å². The molecule has 1 atom stereocenters. The second-order valence-corrected chi connectivity index (χ2v) is 22.9. The molecule has 0 aliphatic carbocycles. The van der Waals surface area contributed by atoms with Crippen molar-refractivity contribution in [3.8, 4) is 17.6 Å². The molecule has 4 aliphatic rings. The molecule has 1 unspecified atom stereocenters. The van der Waals surface area contributed by atoms with Crippen LogP contribution in [-0.4, -0.2) is 107 Å². The summed E-state index contributed by atoms with van der Waals surface area (Å²) in [5.74, 6) is 7.39. The number of piperidine rings is 3. The Hall–Kier alpha value is -5.88. The van der Waals surface area contributed by atoms with Crippen molar-refractivity contribution in [2.24, 2.45) is 5.41 Å². The number of unbranched alkanes of at least 4 members (excludes halogenated alkanes) is 3. The third kappa shape index (κ3) is 10.1. The van der Waals surface area contributed by atoms with E-state index in [2.05, 4.69) is 87.5 Å². The van der Waals surface area contributed by atoms with Gasteiger partial charge in [-0.05, 0) is 148 Å². The van der Waals surface area contributed by atoms with Crippen LogP contribution < -0.4 is 30.9 Å². The average Bonchev–Trinajstić information content (AvgIpc) is 3.66. The van der Waals surface area contributed by atoms with Gasteiger partial charge in [0.15, 0.2) is 0 Å². The van der Waals surface area contributed by atoms with E-state index in [1.54, 1.807) is 50.0 Å². The van der Waals surface area contributed by atoms with Crippen LogP contribution in [0.1, 0.15) is 91.3 Å². The van der Waals surface area contributed by atoms with Crippen LogP contribution in [0.2, 0.25) is 0 Å². The Balaban J connectivity index is 0.736. The molecule has 15 nitrogen and oxygen atoms in total. The van der Waals surface area contributed by atoms with Crippen LogP contribution in [0.5, 0.6) is 5.75 Å². The lowest BCUT2D eigenvalue weighted by molar-refractivity contribution is -0.136. The monoisotopic (exact) mass is 1000 g/mol. The van der Waals surface area contributed by atoms with Crippen molar-refractivity contribution in [1.82, 2.24) is 35.1 Å². The van der Waals surface area contributed by atoms with Crippen LogP contribution in [0.4, 0.5) is 28.8 Å². The number of aromatic nitrogens is 4. The Labute approximate surface area is 406 Å². The molecule has 68 heavy (non-hydrogen) atoms. The van der Waals surface area contributed by atoms with Gasteiger partial charge in [-0.15, -0.1) is 0 Å². The van der Waals surface area contributed by atoms with Gasteiger partial charge in [0.1, 0.15) is 30.3 Å². The topological polar surface area (TPSA) is 175 Å². The summed E-state index contributed by atoms with van der Waals surface area (Å²) in [6.07, 6.45) is 14.4. The number of nitrogens with one attached hydrogen (secondary N) is 3. The Morgan fingerprint density at radius 2 is 1.72 bits per heavy atom. The molecule has 0 radical (unpaired) electrons. The molecule has 3 N–H and O–H groups in total. The van der Waals surface area contributed by atoms with E-state index in [0.29, 0.717) is 68.0 Å². The molecule has 354 valence electrons. The van der Waals surface area contributed by atoms with Crippen LogP contribution >= 0.6 is 23.1 Å². The van der Waals surface area contributed by atoms with E-state index in [4.69, 9.17) is 9.72 Å². The van der Waals surface area contributed by atoms with E-state index in [1.165, 1.54) is 31.4 Å². The number of carbonyl (C=O) groups excluding carboxylic acids is 3. The summed E-state index contributed by atoms with van der Waals surface area (Å²) in [6.45, 7) is 11.4. The van der Waals surface area contributed by atoms with Crippen molar-refractivity contribution in [1.29, 1.82) is 0 Å². The highest BCUT2D eigenvalue weighted by atomic mass is 79.9. The largest absolute Gasteiger partial charge is 0.494 e. The summed E-state index contributed by atoms with van der Waals surface area (Å²) in [4.78, 5) is 62.3. The molecule has 0 saturated carbocycles. The minimum Gasteiger partial charge on any atom is -0.494 e. The number of rotatable bonds is 13. The van der Waals surface area contributed by atoms with Gasteiger partial charge in [0, 0.05) is 73.9 Å². The van der Waals surface area contributed by atoms with Gasteiger partial charge in [0.2, 0.25) is 17.8 Å². The van der Waals surface area contributed by atoms with E-state index in [-0.39, 0.29) is 18.2 Å². The molecule has 0 bridgehead atoms. The smallest absolute Gasteiger partial charge is 0.255 e. The standard InChI is InChI=1S/C51H58BrN10O5P/c1-33-29-40(57-50-55-31-37(52)47(59-50)56-39-15-14-38-45(54-23-22-53-38)46(39)68(3,4)66)43(67-2)30-42(33)61-27-20-51(21-28-61)18-25-60(26-19-51)24-9-7-5-6-8-11-34-12-10-13-35-36(34)32-62(49(35)65)41-16-17-44(63)58-48(41)64/h10,12-15,22-23,29-31,41H,5-7,9,16-21,24-28,32H2,1-4H3,(H,58,63,64)(H2,55,56,57,59). The molecule has 1 spiro atoms. The lowest BCUT2D eigenvalue weighted by atomic mass is 9.71. The van der Waals surface area contributed by atoms with Crippen LogP contribution in [-0.2, 0) is 20.7 Å². The lowest BCUT2D eigenvalue weighted by Crippen LogP contribution is -2.52. The van der Waals surface area contributed by atoms with E-state index in [0.717, 1.165) is 80.8 Å². The van der Waals surface area contributed by atoms with Crippen molar-refractivity contribution in [3.05, 3.63) is 87.8 Å². The predicted octanol–water partition coefficient (Wildman–Crippen LogP) is 8.29. The molecule has 3 aromatic carbocycles. The van der Waals surface area contributed by atoms with Crippen molar-refractivity contribution in [2.45, 2.75) is 83.7 Å². The highest BCUT2D eigenvalue weighted by Crippen LogP contribution is 2.45. The first kappa shape index (κ1) is 47.2. The maximum Gasteiger partial charge on any atom is 0.255 e. The number of anilines is 5. The summed E-state index contributed by atoms with van der Waals surface area (Å²) in [5.41, 5.74) is 7.71. The molecule has 3 fully saturated rings. The third-order valence-electron chi connectivity index (χ3n) is 14.1. The van der Waals surface area contributed by atoms with Crippen molar-refractivity contribution in [3.63, 3.8) is 0 Å². The third-order valence-corrected chi connectivity index (χ3v) is 16.2. The SMILES string of the molecule is COc1cc(N2CCC3(CCN(CCCCCC#Cc4cccc5c4CN(C4CCC(=O)NC4=O)C5=O)CC3)CC2)c(C)cc1Nc1ncc(Br)c(Nc2ccc3nccnc3c2P(C)(C)=O)n1. The van der Waals surface area contributed by atoms with E-state index < -0.39 is 19.1 Å². The van der Waals surface area contributed by atoms with Crippen molar-refractivity contribution in [2.75, 3.05) is 68.7 Å². The molecule has 3 amide bonds. The Morgan fingerprint density at radius 1 is 0.941 bits per heavy atom. The number of amides is 3. The lowest BCUT2D eigenvalue weighted by Gasteiger charge is -2.47. The van der Waals surface area contributed by atoms with E-state index in [9.17, 15) is 18.9 Å². The normalized spacial score (nSPS) is 18.3. The molecular formula is C51H58BrN10O5P. The molecular weight excluding hydrogens is 944 g/mol. The summed E-state index contributed by atoms with van der Waals surface area (Å²) in [6, 6.07) is 12.9. The summed E-state index contributed by atoms with van der Waals surface area (Å²) in [5, 5.41) is 9.75. The number of halogens is 1. The number of nitrogens with zero attached hydrogens (tertiary/aromatic N) is 7. The van der Waals surface area contributed by atoms with Crippen LogP contribution in [0, 0.1) is 24.2 Å². The van der Waals surface area contributed by atoms with E-state index in [1.807, 2.05) is 24.3 Å². The molecule has 17 heteroatoms. The fourth-order valence-corrected chi connectivity index (χ4v) is 12.0. The second kappa shape index (κ2) is 20.0. The Morgan fingerprint density at radius 3 is 2.49 bits per heavy atom. The zero-order valence-electron chi connectivity index (χ0n) is 39.2. The minimum absolute atomic E-state index is 0.170. The zero-order chi connectivity index (χ0) is 47.6. The highest BCUT2D eigenvalue weighted by molar-refractivity contribution is 9.10. The second-order valence-electron chi connectivity index (χ2n) is 18.9. The Kier molecular flexibility index (Phi) is 13.9. The number of hydrogen-bond acceptors (Lipinski definition) is 13. The summed E-state index contributed by atoms with van der Waals surface area (Å²) in [7, 11) is -1.09. The average molecular weight is 1000 g/mol. The molecule has 2 aromatic heterocycles. The van der Waals surface area contributed by atoms with Gasteiger partial charge in [-0.3, -0.25) is 29.7 Å². The minimum atomic E-state index is -2.77. The highest BCUT2D eigenvalue weighted by Gasteiger charge is 2.40. The number of benzene rings is 3. The molecule has 6 heterocycles. The van der Waals surface area contributed by atoms with Crippen molar-refractivity contribution < 1.29 is 23.7 Å².